The highest BCUT2D eigenvalue weighted by Crippen LogP contribution is 2.33. The van der Waals surface area contributed by atoms with Gasteiger partial charge in [-0.05, 0) is 24.1 Å². The third kappa shape index (κ3) is 3.27. The molecule has 0 bridgehead atoms. The molecule has 2 atom stereocenters. The van der Waals surface area contributed by atoms with Gasteiger partial charge in [-0.3, -0.25) is 9.48 Å². The molecule has 0 spiro atoms. The van der Waals surface area contributed by atoms with Gasteiger partial charge in [-0.15, -0.1) is 0 Å². The number of carboxylic acid groups (broad SMARTS) is 1. The van der Waals surface area contributed by atoms with E-state index in [0.29, 0.717) is 18.0 Å². The monoisotopic (exact) mass is 349 g/mol. The molecule has 1 aliphatic rings. The van der Waals surface area contributed by atoms with Crippen molar-refractivity contribution >= 4 is 23.5 Å². The van der Waals surface area contributed by atoms with E-state index in [1.165, 1.54) is 17.1 Å². The smallest absolute Gasteiger partial charge is 0.338 e. The number of likely N-dealkylation sites (tertiary alicyclic amines) is 1. The number of aromatic carboxylic acids is 1. The predicted octanol–water partition coefficient (Wildman–Crippen LogP) is 1.57. The summed E-state index contributed by atoms with van der Waals surface area (Å²) in [7, 11) is 0. The molecule has 0 radical (unpaired) electrons. The summed E-state index contributed by atoms with van der Waals surface area (Å²) in [6.07, 6.45) is 2.34. The van der Waals surface area contributed by atoms with Crippen molar-refractivity contribution in [3.8, 4) is 0 Å². The van der Waals surface area contributed by atoms with Crippen molar-refractivity contribution in [1.82, 2.24) is 14.7 Å². The van der Waals surface area contributed by atoms with E-state index in [1.807, 2.05) is 0 Å². The molecular formula is C16H16ClN3O4. The molecule has 2 aromatic rings. The highest BCUT2D eigenvalue weighted by molar-refractivity contribution is 6.30. The Morgan fingerprint density at radius 2 is 2.00 bits per heavy atom. The third-order valence-corrected chi connectivity index (χ3v) is 4.33. The van der Waals surface area contributed by atoms with Crippen LogP contribution >= 0.6 is 11.6 Å². The van der Waals surface area contributed by atoms with Crippen LogP contribution in [0.3, 0.4) is 0 Å². The van der Waals surface area contributed by atoms with Crippen molar-refractivity contribution in [2.24, 2.45) is 0 Å². The molecule has 0 unspecified atom stereocenters. The van der Waals surface area contributed by atoms with E-state index in [-0.39, 0.29) is 18.0 Å². The van der Waals surface area contributed by atoms with Crippen molar-refractivity contribution in [1.29, 1.82) is 0 Å². The number of aromatic nitrogens is 2. The highest BCUT2D eigenvalue weighted by Gasteiger charge is 2.37. The summed E-state index contributed by atoms with van der Waals surface area (Å²) in [5.41, 5.74) is 0.836. The fraction of sp³-hybridized carbons (Fsp3) is 0.312. The molecule has 8 heteroatoms. The number of carbonyl (C=O) groups is 2. The minimum atomic E-state index is -1.09. The average molecular weight is 350 g/mol. The van der Waals surface area contributed by atoms with Crippen LogP contribution in [0.4, 0.5) is 0 Å². The van der Waals surface area contributed by atoms with Crippen molar-refractivity contribution in [3.63, 3.8) is 0 Å². The molecule has 1 aromatic carbocycles. The Morgan fingerprint density at radius 3 is 2.62 bits per heavy atom. The summed E-state index contributed by atoms with van der Waals surface area (Å²) in [5.74, 6) is -1.32. The van der Waals surface area contributed by atoms with Crippen molar-refractivity contribution in [2.45, 2.75) is 25.1 Å². The van der Waals surface area contributed by atoms with E-state index in [0.717, 1.165) is 5.56 Å². The summed E-state index contributed by atoms with van der Waals surface area (Å²) in [4.78, 5) is 25.0. The molecule has 24 heavy (non-hydrogen) atoms. The Kier molecular flexibility index (Phi) is 4.55. The van der Waals surface area contributed by atoms with Gasteiger partial charge in [0, 0.05) is 17.8 Å². The van der Waals surface area contributed by atoms with E-state index >= 15 is 0 Å². The van der Waals surface area contributed by atoms with Gasteiger partial charge in [0.15, 0.2) is 0 Å². The fourth-order valence-corrected chi connectivity index (χ4v) is 3.03. The Bertz CT molecular complexity index is 759. The number of carboxylic acids is 1. The summed E-state index contributed by atoms with van der Waals surface area (Å²) in [5, 5.41) is 23.6. The molecule has 2 N–H and O–H groups in total. The van der Waals surface area contributed by atoms with E-state index < -0.39 is 18.1 Å². The number of aliphatic hydroxyl groups excluding tert-OH is 1. The van der Waals surface area contributed by atoms with Crippen molar-refractivity contribution in [3.05, 3.63) is 52.8 Å². The lowest BCUT2D eigenvalue weighted by Crippen LogP contribution is -2.35. The number of hydrogen-bond donors (Lipinski definition) is 2. The summed E-state index contributed by atoms with van der Waals surface area (Å²) >= 11 is 5.89. The van der Waals surface area contributed by atoms with Crippen LogP contribution in [-0.2, 0) is 11.3 Å². The second kappa shape index (κ2) is 6.62. The van der Waals surface area contributed by atoms with Gasteiger partial charge in [0.25, 0.3) is 0 Å². The number of rotatable bonds is 4. The number of aliphatic hydroxyl groups is 1. The lowest BCUT2D eigenvalue weighted by Gasteiger charge is -2.26. The molecule has 7 nitrogen and oxygen atoms in total. The molecule has 1 amide bonds. The van der Waals surface area contributed by atoms with Crippen LogP contribution in [0.25, 0.3) is 0 Å². The van der Waals surface area contributed by atoms with Gasteiger partial charge in [-0.25, -0.2) is 4.79 Å². The van der Waals surface area contributed by atoms with Crippen LogP contribution in [-0.4, -0.2) is 49.4 Å². The Morgan fingerprint density at radius 1 is 1.29 bits per heavy atom. The summed E-state index contributed by atoms with van der Waals surface area (Å²) in [6, 6.07) is 6.58. The zero-order valence-corrected chi connectivity index (χ0v) is 13.4. The van der Waals surface area contributed by atoms with Gasteiger partial charge < -0.3 is 15.1 Å². The van der Waals surface area contributed by atoms with Crippen LogP contribution in [0.2, 0.25) is 5.02 Å². The van der Waals surface area contributed by atoms with Crippen LogP contribution in [0.1, 0.15) is 28.4 Å². The first-order chi connectivity index (χ1) is 11.5. The lowest BCUT2D eigenvalue weighted by molar-refractivity contribution is -0.133. The maximum Gasteiger partial charge on any atom is 0.338 e. The normalized spacial score (nSPS) is 20.3. The molecular weight excluding hydrogens is 334 g/mol. The number of benzene rings is 1. The van der Waals surface area contributed by atoms with E-state index in [4.69, 9.17) is 16.7 Å². The average Bonchev–Trinajstić information content (AvgIpc) is 3.15. The molecule has 0 aliphatic carbocycles. The topological polar surface area (TPSA) is 95.7 Å². The Labute approximate surface area is 143 Å². The predicted molar refractivity (Wildman–Crippen MR) is 85.7 cm³/mol. The van der Waals surface area contributed by atoms with Crippen molar-refractivity contribution < 1.29 is 19.8 Å². The number of halogens is 1. The molecule has 1 aliphatic heterocycles. The Balaban J connectivity index is 1.77. The van der Waals surface area contributed by atoms with E-state index in [1.54, 1.807) is 29.2 Å². The molecule has 3 rings (SSSR count). The van der Waals surface area contributed by atoms with Gasteiger partial charge in [-0.1, -0.05) is 23.7 Å². The molecule has 1 aromatic heterocycles. The number of carbonyl (C=O) groups excluding carboxylic acids is 1. The van der Waals surface area contributed by atoms with E-state index in [9.17, 15) is 14.7 Å². The highest BCUT2D eigenvalue weighted by atomic mass is 35.5. The largest absolute Gasteiger partial charge is 0.478 e. The summed E-state index contributed by atoms with van der Waals surface area (Å²) in [6.45, 7) is 0.352. The fourth-order valence-electron chi connectivity index (χ4n) is 2.91. The van der Waals surface area contributed by atoms with Crippen LogP contribution in [0.5, 0.6) is 0 Å². The Hall–Kier alpha value is -2.38. The van der Waals surface area contributed by atoms with Gasteiger partial charge in [0.05, 0.1) is 23.9 Å². The van der Waals surface area contributed by atoms with Crippen molar-refractivity contribution in [2.75, 3.05) is 6.54 Å². The molecule has 126 valence electrons. The number of hydrogen-bond acceptors (Lipinski definition) is 4. The lowest BCUT2D eigenvalue weighted by atomic mass is 10.0. The standard InChI is InChI=1S/C16H16ClN3O4/c17-12-3-1-10(2-4-12)15-13(21)5-6-20(15)14(22)9-19-8-11(7-18-19)16(23)24/h1-4,7-8,13,15,21H,5-6,9H2,(H,23,24)/t13-,15-/m1/s1. The third-order valence-electron chi connectivity index (χ3n) is 4.08. The molecule has 1 saturated heterocycles. The quantitative estimate of drug-likeness (QED) is 0.873. The second-order valence-corrected chi connectivity index (χ2v) is 6.11. The van der Waals surface area contributed by atoms with Crippen LogP contribution < -0.4 is 0 Å². The minimum Gasteiger partial charge on any atom is -0.478 e. The molecule has 2 heterocycles. The number of nitrogens with zero attached hydrogens (tertiary/aromatic N) is 3. The first-order valence-corrected chi connectivity index (χ1v) is 7.82. The number of amides is 1. The first kappa shape index (κ1) is 16.5. The summed E-state index contributed by atoms with van der Waals surface area (Å²) < 4.78 is 1.29. The van der Waals surface area contributed by atoms with E-state index in [2.05, 4.69) is 5.10 Å². The SMILES string of the molecule is O=C(O)c1cnn(CC(=O)N2CC[C@@H](O)[C@H]2c2ccc(Cl)cc2)c1. The van der Waals surface area contributed by atoms with Crippen LogP contribution in [0, 0.1) is 0 Å². The maximum absolute atomic E-state index is 12.6. The van der Waals surface area contributed by atoms with Gasteiger partial charge in [0.1, 0.15) is 6.54 Å². The zero-order valence-electron chi connectivity index (χ0n) is 12.7. The first-order valence-electron chi connectivity index (χ1n) is 7.44. The zero-order chi connectivity index (χ0) is 17.3. The second-order valence-electron chi connectivity index (χ2n) is 5.67. The molecule has 0 saturated carbocycles. The minimum absolute atomic E-state index is 0.0264. The van der Waals surface area contributed by atoms with Crippen LogP contribution in [0.15, 0.2) is 36.7 Å². The van der Waals surface area contributed by atoms with Gasteiger partial charge in [0.2, 0.25) is 5.91 Å². The van der Waals surface area contributed by atoms with Gasteiger partial charge >= 0.3 is 5.97 Å². The van der Waals surface area contributed by atoms with Gasteiger partial charge in [-0.2, -0.15) is 5.10 Å². The maximum atomic E-state index is 12.6. The molecule has 1 fully saturated rings.